The van der Waals surface area contributed by atoms with Crippen LogP contribution >= 0.6 is 15.9 Å². The van der Waals surface area contributed by atoms with Gasteiger partial charge in [0.1, 0.15) is 0 Å². The van der Waals surface area contributed by atoms with Crippen molar-refractivity contribution in [1.82, 2.24) is 0 Å². The predicted molar refractivity (Wildman–Crippen MR) is 56.0 cm³/mol. The summed E-state index contributed by atoms with van der Waals surface area (Å²) in [5.74, 6) is -1.66. The van der Waals surface area contributed by atoms with Crippen molar-refractivity contribution < 1.29 is 8.78 Å². The van der Waals surface area contributed by atoms with Crippen LogP contribution in [0.5, 0.6) is 0 Å². The second kappa shape index (κ2) is 3.95. The number of halogens is 3. The van der Waals surface area contributed by atoms with Crippen LogP contribution in [0.4, 0.5) is 8.78 Å². The summed E-state index contributed by atoms with van der Waals surface area (Å²) < 4.78 is 26.8. The van der Waals surface area contributed by atoms with Gasteiger partial charge in [0.2, 0.25) is 0 Å². The first-order valence-corrected chi connectivity index (χ1v) is 5.01. The number of nitrogens with two attached hydrogens (primary N) is 1. The molecule has 1 aromatic rings. The van der Waals surface area contributed by atoms with Crippen LogP contribution < -0.4 is 5.73 Å². The van der Waals surface area contributed by atoms with Crippen molar-refractivity contribution in [3.8, 4) is 0 Å². The third-order valence-corrected chi connectivity index (χ3v) is 2.17. The Kier molecular flexibility index (Phi) is 3.27. The smallest absolute Gasteiger partial charge is 0.162 e. The topological polar surface area (TPSA) is 26.0 Å². The average Bonchev–Trinajstić information content (AvgIpc) is 1.96. The first kappa shape index (κ1) is 11.6. The second-order valence-electron chi connectivity index (χ2n) is 4.03. The van der Waals surface area contributed by atoms with Gasteiger partial charge in [0, 0.05) is 10.0 Å². The summed E-state index contributed by atoms with van der Waals surface area (Å²) in [7, 11) is 0. The minimum Gasteiger partial charge on any atom is -0.325 e. The molecular formula is C10H12BrF2N. The molecule has 78 valence electrons. The molecule has 2 N–H and O–H groups in total. The maximum atomic E-state index is 13.3. The molecule has 0 radical (unpaired) electrons. The van der Waals surface area contributed by atoms with E-state index in [-0.39, 0.29) is 0 Å². The van der Waals surface area contributed by atoms with E-state index in [1.54, 1.807) is 19.9 Å². The van der Waals surface area contributed by atoms with E-state index in [0.29, 0.717) is 16.5 Å². The largest absolute Gasteiger partial charge is 0.325 e. The Balaban J connectivity index is 3.09. The van der Waals surface area contributed by atoms with Crippen LogP contribution in [-0.2, 0) is 6.42 Å². The SMILES string of the molecule is CC(C)(N)Cc1cc(Br)cc(F)c1F. The average molecular weight is 264 g/mol. The summed E-state index contributed by atoms with van der Waals surface area (Å²) in [4.78, 5) is 0. The Morgan fingerprint density at radius 3 is 2.43 bits per heavy atom. The van der Waals surface area contributed by atoms with Gasteiger partial charge in [-0.15, -0.1) is 0 Å². The summed E-state index contributed by atoms with van der Waals surface area (Å²) in [6.45, 7) is 3.54. The number of benzene rings is 1. The van der Waals surface area contributed by atoms with Gasteiger partial charge in [0.15, 0.2) is 11.6 Å². The van der Waals surface area contributed by atoms with Crippen LogP contribution in [0, 0.1) is 11.6 Å². The van der Waals surface area contributed by atoms with Crippen molar-refractivity contribution in [2.45, 2.75) is 25.8 Å². The zero-order valence-corrected chi connectivity index (χ0v) is 9.66. The molecule has 1 rings (SSSR count). The summed E-state index contributed by atoms with van der Waals surface area (Å²) in [6, 6.07) is 2.65. The molecule has 0 bridgehead atoms. The molecule has 1 nitrogen and oxygen atoms in total. The molecule has 4 heteroatoms. The number of rotatable bonds is 2. The van der Waals surface area contributed by atoms with E-state index in [4.69, 9.17) is 5.73 Å². The van der Waals surface area contributed by atoms with E-state index in [1.807, 2.05) is 0 Å². The highest BCUT2D eigenvalue weighted by molar-refractivity contribution is 9.10. The van der Waals surface area contributed by atoms with Gasteiger partial charge < -0.3 is 5.73 Å². The molecule has 0 saturated heterocycles. The molecule has 0 saturated carbocycles. The molecule has 14 heavy (non-hydrogen) atoms. The van der Waals surface area contributed by atoms with Crippen molar-refractivity contribution >= 4 is 15.9 Å². The lowest BCUT2D eigenvalue weighted by Gasteiger charge is -2.19. The highest BCUT2D eigenvalue weighted by atomic mass is 79.9. The van der Waals surface area contributed by atoms with Gasteiger partial charge in [-0.05, 0) is 38.0 Å². The van der Waals surface area contributed by atoms with Crippen LogP contribution in [-0.4, -0.2) is 5.54 Å². The maximum absolute atomic E-state index is 13.3. The molecule has 0 aromatic heterocycles. The van der Waals surface area contributed by atoms with Crippen LogP contribution in [0.2, 0.25) is 0 Å². The highest BCUT2D eigenvalue weighted by Gasteiger charge is 2.17. The first-order chi connectivity index (χ1) is 6.29. The molecule has 0 amide bonds. The Hall–Kier alpha value is -0.480. The number of hydrogen-bond acceptors (Lipinski definition) is 1. The highest BCUT2D eigenvalue weighted by Crippen LogP contribution is 2.22. The van der Waals surface area contributed by atoms with Crippen molar-refractivity contribution in [2.24, 2.45) is 5.73 Å². The Morgan fingerprint density at radius 1 is 1.36 bits per heavy atom. The van der Waals surface area contributed by atoms with Crippen molar-refractivity contribution in [3.63, 3.8) is 0 Å². The van der Waals surface area contributed by atoms with Crippen molar-refractivity contribution in [1.29, 1.82) is 0 Å². The van der Waals surface area contributed by atoms with E-state index < -0.39 is 17.2 Å². The Morgan fingerprint density at radius 2 is 1.93 bits per heavy atom. The number of hydrogen-bond donors (Lipinski definition) is 1. The van der Waals surface area contributed by atoms with Gasteiger partial charge in [-0.2, -0.15) is 0 Å². The van der Waals surface area contributed by atoms with E-state index in [9.17, 15) is 8.78 Å². The molecule has 1 aromatic carbocycles. The van der Waals surface area contributed by atoms with Crippen molar-refractivity contribution in [3.05, 3.63) is 33.8 Å². The van der Waals surface area contributed by atoms with Gasteiger partial charge in [-0.3, -0.25) is 0 Å². The molecule has 0 aliphatic heterocycles. The third-order valence-electron chi connectivity index (χ3n) is 1.71. The lowest BCUT2D eigenvalue weighted by atomic mass is 9.96. The fourth-order valence-corrected chi connectivity index (χ4v) is 1.71. The zero-order chi connectivity index (χ0) is 10.9. The summed E-state index contributed by atoms with van der Waals surface area (Å²) >= 11 is 3.11. The van der Waals surface area contributed by atoms with Gasteiger partial charge in [-0.25, -0.2) is 8.78 Å². The molecule has 0 aliphatic carbocycles. The molecule has 0 fully saturated rings. The monoisotopic (exact) mass is 263 g/mol. The molecule has 0 heterocycles. The van der Waals surface area contributed by atoms with Crippen molar-refractivity contribution in [2.75, 3.05) is 0 Å². The summed E-state index contributed by atoms with van der Waals surface area (Å²) in [6.07, 6.45) is 0.301. The van der Waals surface area contributed by atoms with E-state index in [2.05, 4.69) is 15.9 Å². The van der Waals surface area contributed by atoms with Crippen LogP contribution in [0.3, 0.4) is 0 Å². The molecular weight excluding hydrogens is 252 g/mol. The van der Waals surface area contributed by atoms with Crippen LogP contribution in [0.15, 0.2) is 16.6 Å². The zero-order valence-electron chi connectivity index (χ0n) is 8.07. The summed E-state index contributed by atoms with van der Waals surface area (Å²) in [5.41, 5.74) is 5.48. The molecule has 0 aliphatic rings. The summed E-state index contributed by atoms with van der Waals surface area (Å²) in [5, 5.41) is 0. The minimum atomic E-state index is -0.848. The Labute approximate surface area is 90.4 Å². The molecule has 0 atom stereocenters. The molecule has 0 unspecified atom stereocenters. The van der Waals surface area contributed by atoms with Gasteiger partial charge >= 0.3 is 0 Å². The fourth-order valence-electron chi connectivity index (χ4n) is 1.23. The fraction of sp³-hybridized carbons (Fsp3) is 0.400. The standard InChI is InChI=1S/C10H12BrF2N/c1-10(2,14)5-6-3-7(11)4-8(12)9(6)13/h3-4H,5,14H2,1-2H3. The predicted octanol–water partition coefficient (Wildman–Crippen LogP) is 3.01. The normalized spacial score (nSPS) is 11.9. The third kappa shape index (κ3) is 3.03. The van der Waals surface area contributed by atoms with Gasteiger partial charge in [0.25, 0.3) is 0 Å². The quantitative estimate of drug-likeness (QED) is 0.816. The van der Waals surface area contributed by atoms with E-state index >= 15 is 0 Å². The van der Waals surface area contributed by atoms with Crippen LogP contribution in [0.25, 0.3) is 0 Å². The van der Waals surface area contributed by atoms with E-state index in [1.165, 1.54) is 0 Å². The molecule has 0 spiro atoms. The maximum Gasteiger partial charge on any atom is 0.162 e. The van der Waals surface area contributed by atoms with Gasteiger partial charge in [0.05, 0.1) is 0 Å². The van der Waals surface area contributed by atoms with E-state index in [0.717, 1.165) is 6.07 Å². The lowest BCUT2D eigenvalue weighted by Crippen LogP contribution is -2.34. The lowest BCUT2D eigenvalue weighted by molar-refractivity contribution is 0.466. The Bertz CT molecular complexity index is 345. The van der Waals surface area contributed by atoms with Crippen LogP contribution in [0.1, 0.15) is 19.4 Å². The minimum absolute atomic E-state index is 0.296. The first-order valence-electron chi connectivity index (χ1n) is 4.22. The van der Waals surface area contributed by atoms with Gasteiger partial charge in [-0.1, -0.05) is 15.9 Å². The second-order valence-corrected chi connectivity index (χ2v) is 4.94.